The van der Waals surface area contributed by atoms with Gasteiger partial charge in [-0.15, -0.1) is 0 Å². The predicted molar refractivity (Wildman–Crippen MR) is 74.3 cm³/mol. The molecule has 1 heteroatoms. The third-order valence-electron chi connectivity index (χ3n) is 3.89. The molecule has 1 fully saturated rings. The van der Waals surface area contributed by atoms with Crippen LogP contribution in [0.3, 0.4) is 0 Å². The Morgan fingerprint density at radius 3 is 2.12 bits per heavy atom. The molecule has 1 aliphatic rings. The van der Waals surface area contributed by atoms with E-state index in [0.29, 0.717) is 11.8 Å². The van der Waals surface area contributed by atoms with Crippen molar-refractivity contribution in [2.24, 2.45) is 11.7 Å². The fourth-order valence-corrected chi connectivity index (χ4v) is 2.47. The van der Waals surface area contributed by atoms with E-state index in [2.05, 4.69) is 45.9 Å². The first-order valence-electron chi connectivity index (χ1n) is 6.90. The van der Waals surface area contributed by atoms with Crippen molar-refractivity contribution < 1.29 is 0 Å². The second kappa shape index (κ2) is 4.81. The lowest BCUT2D eigenvalue weighted by molar-refractivity contribution is 0.619. The maximum atomic E-state index is 6.37. The third kappa shape index (κ3) is 2.71. The summed E-state index contributed by atoms with van der Waals surface area (Å²) in [4.78, 5) is 0. The molecule has 0 amide bonds. The second-order valence-electron chi connectivity index (χ2n) is 6.06. The minimum absolute atomic E-state index is 0.258. The number of rotatable bonds is 4. The Bertz CT molecular complexity index is 389. The van der Waals surface area contributed by atoms with Gasteiger partial charge < -0.3 is 5.73 Å². The maximum absolute atomic E-state index is 6.37. The van der Waals surface area contributed by atoms with Crippen LogP contribution in [0.2, 0.25) is 0 Å². The van der Waals surface area contributed by atoms with Gasteiger partial charge in [-0.1, -0.05) is 45.9 Å². The minimum atomic E-state index is 0.258. The van der Waals surface area contributed by atoms with Crippen LogP contribution in [0.25, 0.3) is 0 Å². The monoisotopic (exact) mass is 231 g/mol. The molecular formula is C16H25N. The van der Waals surface area contributed by atoms with Gasteiger partial charge in [-0.25, -0.2) is 0 Å². The molecule has 1 aromatic carbocycles. The summed E-state index contributed by atoms with van der Waals surface area (Å²) in [5.41, 5.74) is 10.6. The zero-order valence-electron chi connectivity index (χ0n) is 11.5. The molecule has 0 aliphatic heterocycles. The summed E-state index contributed by atoms with van der Waals surface area (Å²) >= 11 is 0. The molecule has 0 heterocycles. The van der Waals surface area contributed by atoms with Crippen LogP contribution in [0.15, 0.2) is 18.2 Å². The van der Waals surface area contributed by atoms with Gasteiger partial charge in [-0.05, 0) is 47.3 Å². The standard InChI is InChI=1S/C16H25N/c1-10(2)13-7-8-14(15(9-13)11(3)4)16(17)12-5-6-12/h7-12,16H,5-6,17H2,1-4H3. The molecule has 1 unspecified atom stereocenters. The van der Waals surface area contributed by atoms with E-state index in [0.717, 1.165) is 5.92 Å². The molecule has 0 bridgehead atoms. The van der Waals surface area contributed by atoms with Crippen molar-refractivity contribution in [3.05, 3.63) is 34.9 Å². The normalized spacial score (nSPS) is 17.8. The highest BCUT2D eigenvalue weighted by Gasteiger charge is 2.31. The van der Waals surface area contributed by atoms with Crippen molar-refractivity contribution in [3.63, 3.8) is 0 Å². The molecule has 94 valence electrons. The van der Waals surface area contributed by atoms with Crippen LogP contribution in [0, 0.1) is 5.92 Å². The predicted octanol–water partition coefficient (Wildman–Crippen LogP) is 4.34. The molecule has 17 heavy (non-hydrogen) atoms. The average Bonchev–Trinajstić information content (AvgIpc) is 3.10. The molecule has 1 saturated carbocycles. The molecule has 2 rings (SSSR count). The van der Waals surface area contributed by atoms with E-state index in [4.69, 9.17) is 5.73 Å². The summed E-state index contributed by atoms with van der Waals surface area (Å²) < 4.78 is 0. The second-order valence-corrected chi connectivity index (χ2v) is 6.06. The van der Waals surface area contributed by atoms with Crippen molar-refractivity contribution >= 4 is 0 Å². The van der Waals surface area contributed by atoms with Gasteiger partial charge in [0.15, 0.2) is 0 Å². The Morgan fingerprint density at radius 1 is 1.00 bits per heavy atom. The van der Waals surface area contributed by atoms with Crippen molar-refractivity contribution in [1.82, 2.24) is 0 Å². The third-order valence-corrected chi connectivity index (χ3v) is 3.89. The largest absolute Gasteiger partial charge is 0.324 e. The van der Waals surface area contributed by atoms with E-state index >= 15 is 0 Å². The molecule has 1 aromatic rings. The van der Waals surface area contributed by atoms with Gasteiger partial charge in [-0.2, -0.15) is 0 Å². The van der Waals surface area contributed by atoms with Crippen LogP contribution < -0.4 is 5.73 Å². The first-order chi connectivity index (χ1) is 8.00. The van der Waals surface area contributed by atoms with Crippen molar-refractivity contribution in [1.29, 1.82) is 0 Å². The highest BCUT2D eigenvalue weighted by molar-refractivity contribution is 5.38. The molecule has 0 saturated heterocycles. The van der Waals surface area contributed by atoms with E-state index < -0.39 is 0 Å². The fourth-order valence-electron chi connectivity index (χ4n) is 2.47. The Hall–Kier alpha value is -0.820. The van der Waals surface area contributed by atoms with Gasteiger partial charge in [0.05, 0.1) is 0 Å². The Labute approximate surface area is 105 Å². The van der Waals surface area contributed by atoms with Gasteiger partial charge >= 0.3 is 0 Å². The minimum Gasteiger partial charge on any atom is -0.324 e. The maximum Gasteiger partial charge on any atom is 0.0326 e. The number of hydrogen-bond donors (Lipinski definition) is 1. The number of nitrogens with two attached hydrogens (primary N) is 1. The Balaban J connectivity index is 2.36. The van der Waals surface area contributed by atoms with Crippen molar-refractivity contribution in [2.45, 2.75) is 58.4 Å². The van der Waals surface area contributed by atoms with Crippen LogP contribution in [-0.4, -0.2) is 0 Å². The Morgan fingerprint density at radius 2 is 1.65 bits per heavy atom. The molecule has 1 atom stereocenters. The smallest absolute Gasteiger partial charge is 0.0326 e. The first kappa shape index (κ1) is 12.6. The molecule has 1 aliphatic carbocycles. The van der Waals surface area contributed by atoms with E-state index in [1.165, 1.54) is 29.5 Å². The lowest BCUT2D eigenvalue weighted by atomic mass is 9.87. The molecule has 0 spiro atoms. The highest BCUT2D eigenvalue weighted by atomic mass is 14.7. The van der Waals surface area contributed by atoms with Crippen LogP contribution in [0.4, 0.5) is 0 Å². The zero-order valence-corrected chi connectivity index (χ0v) is 11.5. The van der Waals surface area contributed by atoms with Crippen molar-refractivity contribution in [3.8, 4) is 0 Å². The van der Waals surface area contributed by atoms with Gasteiger partial charge in [0, 0.05) is 6.04 Å². The van der Waals surface area contributed by atoms with Gasteiger partial charge in [0.2, 0.25) is 0 Å². The van der Waals surface area contributed by atoms with E-state index in [1.807, 2.05) is 0 Å². The Kier molecular flexibility index (Phi) is 3.58. The van der Waals surface area contributed by atoms with Gasteiger partial charge in [0.1, 0.15) is 0 Å². The summed E-state index contributed by atoms with van der Waals surface area (Å²) in [5.74, 6) is 1.89. The molecular weight excluding hydrogens is 206 g/mol. The summed E-state index contributed by atoms with van der Waals surface area (Å²) in [6.45, 7) is 9.03. The quantitative estimate of drug-likeness (QED) is 0.819. The molecule has 0 radical (unpaired) electrons. The van der Waals surface area contributed by atoms with Crippen LogP contribution in [-0.2, 0) is 0 Å². The van der Waals surface area contributed by atoms with Crippen LogP contribution in [0.1, 0.15) is 75.1 Å². The summed E-state index contributed by atoms with van der Waals surface area (Å²) in [7, 11) is 0. The van der Waals surface area contributed by atoms with Gasteiger partial charge in [-0.3, -0.25) is 0 Å². The van der Waals surface area contributed by atoms with E-state index in [-0.39, 0.29) is 6.04 Å². The van der Waals surface area contributed by atoms with Crippen molar-refractivity contribution in [2.75, 3.05) is 0 Å². The number of hydrogen-bond acceptors (Lipinski definition) is 1. The average molecular weight is 231 g/mol. The summed E-state index contributed by atoms with van der Waals surface area (Å²) in [6, 6.07) is 7.16. The van der Waals surface area contributed by atoms with E-state index in [9.17, 15) is 0 Å². The summed E-state index contributed by atoms with van der Waals surface area (Å²) in [5, 5.41) is 0. The lowest BCUT2D eigenvalue weighted by Crippen LogP contribution is -2.15. The topological polar surface area (TPSA) is 26.0 Å². The highest BCUT2D eigenvalue weighted by Crippen LogP contribution is 2.41. The zero-order chi connectivity index (χ0) is 12.6. The first-order valence-corrected chi connectivity index (χ1v) is 6.90. The number of benzene rings is 1. The molecule has 2 N–H and O–H groups in total. The molecule has 1 nitrogen and oxygen atoms in total. The van der Waals surface area contributed by atoms with Crippen LogP contribution in [0.5, 0.6) is 0 Å². The van der Waals surface area contributed by atoms with Crippen LogP contribution >= 0.6 is 0 Å². The van der Waals surface area contributed by atoms with E-state index in [1.54, 1.807) is 0 Å². The van der Waals surface area contributed by atoms with Gasteiger partial charge in [0.25, 0.3) is 0 Å². The fraction of sp³-hybridized carbons (Fsp3) is 0.625. The summed E-state index contributed by atoms with van der Waals surface area (Å²) in [6.07, 6.45) is 2.62. The molecule has 0 aromatic heterocycles. The SMILES string of the molecule is CC(C)c1ccc(C(N)C2CC2)c(C(C)C)c1. The lowest BCUT2D eigenvalue weighted by Gasteiger charge is -2.20.